The van der Waals surface area contributed by atoms with E-state index in [1.165, 1.54) is 16.1 Å². The van der Waals surface area contributed by atoms with E-state index in [2.05, 4.69) is 15.4 Å². The molecule has 0 bridgehead atoms. The lowest BCUT2D eigenvalue weighted by Gasteiger charge is -2.31. The van der Waals surface area contributed by atoms with Crippen LogP contribution in [0.2, 0.25) is 0 Å². The van der Waals surface area contributed by atoms with E-state index in [1.54, 1.807) is 4.90 Å². The van der Waals surface area contributed by atoms with Gasteiger partial charge in [-0.2, -0.15) is 4.80 Å². The molecule has 1 amide bonds. The van der Waals surface area contributed by atoms with Crippen LogP contribution >= 0.6 is 11.3 Å². The Morgan fingerprint density at radius 2 is 2.48 bits per heavy atom. The molecule has 8 nitrogen and oxygen atoms in total. The molecule has 0 radical (unpaired) electrons. The number of tetrazole rings is 1. The molecule has 1 unspecified atom stereocenters. The van der Waals surface area contributed by atoms with Crippen LogP contribution < -0.4 is 0 Å². The van der Waals surface area contributed by atoms with Gasteiger partial charge in [-0.05, 0) is 16.7 Å². The minimum atomic E-state index is -0.312. The Labute approximate surface area is 124 Å². The summed E-state index contributed by atoms with van der Waals surface area (Å²) in [6.07, 6.45) is -0.312. The van der Waals surface area contributed by atoms with Gasteiger partial charge in [-0.25, -0.2) is 0 Å². The van der Waals surface area contributed by atoms with Crippen LogP contribution in [0.4, 0.5) is 0 Å². The second-order valence-electron chi connectivity index (χ2n) is 4.64. The molecule has 3 heterocycles. The zero-order valence-corrected chi connectivity index (χ0v) is 12.1. The van der Waals surface area contributed by atoms with Crippen molar-refractivity contribution in [3.05, 3.63) is 17.5 Å². The van der Waals surface area contributed by atoms with Gasteiger partial charge < -0.3 is 14.7 Å². The highest BCUT2D eigenvalue weighted by molar-refractivity contribution is 7.13. The number of nitrogens with zero attached hydrogens (tertiary/aromatic N) is 5. The van der Waals surface area contributed by atoms with E-state index in [-0.39, 0.29) is 25.2 Å². The third-order valence-electron chi connectivity index (χ3n) is 3.17. The number of hydrogen-bond donors (Lipinski definition) is 1. The molecule has 1 aliphatic rings. The van der Waals surface area contributed by atoms with Crippen molar-refractivity contribution in [1.29, 1.82) is 0 Å². The van der Waals surface area contributed by atoms with E-state index in [0.717, 1.165) is 4.88 Å². The lowest BCUT2D eigenvalue weighted by Crippen LogP contribution is -2.48. The summed E-state index contributed by atoms with van der Waals surface area (Å²) in [4.78, 5) is 16.0. The molecule has 2 aromatic heterocycles. The predicted molar refractivity (Wildman–Crippen MR) is 74.5 cm³/mol. The molecule has 112 valence electrons. The number of aromatic nitrogens is 4. The van der Waals surface area contributed by atoms with Crippen LogP contribution in [-0.2, 0) is 16.1 Å². The highest BCUT2D eigenvalue weighted by Gasteiger charge is 2.24. The average Bonchev–Trinajstić information content (AvgIpc) is 3.18. The summed E-state index contributed by atoms with van der Waals surface area (Å²) >= 11 is 1.52. The third kappa shape index (κ3) is 3.26. The van der Waals surface area contributed by atoms with Gasteiger partial charge in [0.25, 0.3) is 0 Å². The third-order valence-corrected chi connectivity index (χ3v) is 4.03. The van der Waals surface area contributed by atoms with Gasteiger partial charge in [0, 0.05) is 13.1 Å². The lowest BCUT2D eigenvalue weighted by molar-refractivity contribution is -0.141. The van der Waals surface area contributed by atoms with Crippen molar-refractivity contribution < 1.29 is 14.6 Å². The molecular weight excluding hydrogens is 294 g/mol. The number of amides is 1. The maximum Gasteiger partial charge on any atom is 0.246 e. The Bertz CT molecular complexity index is 600. The Hall–Kier alpha value is -1.84. The molecular formula is C12H15N5O3S. The Kier molecular flexibility index (Phi) is 4.23. The molecule has 21 heavy (non-hydrogen) atoms. The SMILES string of the molecule is O=C(Cn1nnc(-c2cccs2)n1)N1CCOC(CO)C1. The van der Waals surface area contributed by atoms with Crippen LogP contribution in [0.25, 0.3) is 10.7 Å². The highest BCUT2D eigenvalue weighted by Crippen LogP contribution is 2.19. The number of morpholine rings is 1. The largest absolute Gasteiger partial charge is 0.394 e. The molecule has 2 aromatic rings. The van der Waals surface area contributed by atoms with Crippen molar-refractivity contribution in [2.24, 2.45) is 0 Å². The van der Waals surface area contributed by atoms with Gasteiger partial charge in [0.2, 0.25) is 11.7 Å². The van der Waals surface area contributed by atoms with Crippen LogP contribution in [-0.4, -0.2) is 68.5 Å². The molecule has 0 aromatic carbocycles. The highest BCUT2D eigenvalue weighted by atomic mass is 32.1. The fraction of sp³-hybridized carbons (Fsp3) is 0.500. The number of ether oxygens (including phenoxy) is 1. The summed E-state index contributed by atoms with van der Waals surface area (Å²) in [5.74, 6) is 0.417. The monoisotopic (exact) mass is 309 g/mol. The maximum absolute atomic E-state index is 12.2. The average molecular weight is 309 g/mol. The number of aliphatic hydroxyl groups excluding tert-OH is 1. The molecule has 0 aliphatic carbocycles. The molecule has 9 heteroatoms. The van der Waals surface area contributed by atoms with Crippen molar-refractivity contribution in [2.45, 2.75) is 12.6 Å². The first kappa shape index (κ1) is 14.1. The van der Waals surface area contributed by atoms with E-state index < -0.39 is 0 Å². The molecule has 1 N–H and O–H groups in total. The lowest BCUT2D eigenvalue weighted by atomic mass is 10.3. The van der Waals surface area contributed by atoms with E-state index in [1.807, 2.05) is 17.5 Å². The van der Waals surface area contributed by atoms with Gasteiger partial charge in [-0.1, -0.05) is 6.07 Å². The molecule has 1 saturated heterocycles. The van der Waals surface area contributed by atoms with Crippen LogP contribution in [0.1, 0.15) is 0 Å². The Morgan fingerprint density at radius 3 is 3.24 bits per heavy atom. The fourth-order valence-electron chi connectivity index (χ4n) is 2.09. The molecule has 1 aliphatic heterocycles. The number of rotatable bonds is 4. The minimum Gasteiger partial charge on any atom is -0.394 e. The van der Waals surface area contributed by atoms with E-state index >= 15 is 0 Å². The van der Waals surface area contributed by atoms with Gasteiger partial charge >= 0.3 is 0 Å². The van der Waals surface area contributed by atoms with Crippen LogP contribution in [0.5, 0.6) is 0 Å². The smallest absolute Gasteiger partial charge is 0.246 e. The molecule has 0 spiro atoms. The fourth-order valence-corrected chi connectivity index (χ4v) is 2.74. The Morgan fingerprint density at radius 1 is 1.57 bits per heavy atom. The standard InChI is InChI=1S/C12H15N5O3S/c18-8-9-6-16(3-4-20-9)11(19)7-17-14-12(13-15-17)10-2-1-5-21-10/h1-2,5,9,18H,3-4,6-8H2. The number of aliphatic hydroxyl groups is 1. The van der Waals surface area contributed by atoms with E-state index in [0.29, 0.717) is 25.5 Å². The molecule has 1 fully saturated rings. The van der Waals surface area contributed by atoms with Crippen LogP contribution in [0.15, 0.2) is 17.5 Å². The van der Waals surface area contributed by atoms with Gasteiger partial charge in [0.15, 0.2) is 0 Å². The minimum absolute atomic E-state index is 0.0382. The van der Waals surface area contributed by atoms with Crippen molar-refractivity contribution in [3.63, 3.8) is 0 Å². The maximum atomic E-state index is 12.2. The normalized spacial score (nSPS) is 18.9. The summed E-state index contributed by atoms with van der Waals surface area (Å²) in [6.45, 7) is 1.29. The van der Waals surface area contributed by atoms with Gasteiger partial charge in [0.1, 0.15) is 6.54 Å². The zero-order chi connectivity index (χ0) is 14.7. The zero-order valence-electron chi connectivity index (χ0n) is 11.3. The molecule has 3 rings (SSSR count). The van der Waals surface area contributed by atoms with Crippen molar-refractivity contribution in [1.82, 2.24) is 25.1 Å². The molecule has 0 saturated carbocycles. The van der Waals surface area contributed by atoms with E-state index in [9.17, 15) is 4.79 Å². The van der Waals surface area contributed by atoms with Crippen LogP contribution in [0, 0.1) is 0 Å². The first-order valence-corrected chi connectivity index (χ1v) is 7.46. The number of carbonyl (C=O) groups is 1. The first-order valence-electron chi connectivity index (χ1n) is 6.58. The van der Waals surface area contributed by atoms with Gasteiger partial charge in [-0.3, -0.25) is 4.79 Å². The van der Waals surface area contributed by atoms with Gasteiger partial charge in [0.05, 0.1) is 24.2 Å². The topological polar surface area (TPSA) is 93.4 Å². The summed E-state index contributed by atoms with van der Waals surface area (Å²) in [7, 11) is 0. The van der Waals surface area contributed by atoms with E-state index in [4.69, 9.17) is 9.84 Å². The number of carbonyl (C=O) groups excluding carboxylic acids is 1. The Balaban J connectivity index is 1.62. The van der Waals surface area contributed by atoms with Crippen molar-refractivity contribution in [2.75, 3.05) is 26.3 Å². The second-order valence-corrected chi connectivity index (χ2v) is 5.58. The number of hydrogen-bond acceptors (Lipinski definition) is 7. The first-order chi connectivity index (χ1) is 10.3. The van der Waals surface area contributed by atoms with Crippen molar-refractivity contribution in [3.8, 4) is 10.7 Å². The summed E-state index contributed by atoms with van der Waals surface area (Å²) < 4.78 is 5.32. The summed E-state index contributed by atoms with van der Waals surface area (Å²) in [5, 5.41) is 23.1. The number of thiophene rings is 1. The second kappa shape index (κ2) is 6.29. The predicted octanol–water partition coefficient (Wildman–Crippen LogP) is -0.379. The van der Waals surface area contributed by atoms with Gasteiger partial charge in [-0.15, -0.1) is 21.5 Å². The summed E-state index contributed by atoms with van der Waals surface area (Å²) in [5.41, 5.74) is 0. The molecule has 1 atom stereocenters. The van der Waals surface area contributed by atoms with Crippen molar-refractivity contribution >= 4 is 17.2 Å². The summed E-state index contributed by atoms with van der Waals surface area (Å²) in [6, 6.07) is 3.82. The van der Waals surface area contributed by atoms with Crippen LogP contribution in [0.3, 0.4) is 0 Å². The quantitative estimate of drug-likeness (QED) is 0.827.